The van der Waals surface area contributed by atoms with Gasteiger partial charge >= 0.3 is 6.03 Å². The highest BCUT2D eigenvalue weighted by atomic mass is 35.5. The van der Waals surface area contributed by atoms with Crippen LogP contribution in [0.4, 0.5) is 4.79 Å². The van der Waals surface area contributed by atoms with Crippen molar-refractivity contribution >= 4 is 34.9 Å². The quantitative estimate of drug-likeness (QED) is 0.565. The van der Waals surface area contributed by atoms with Crippen LogP contribution >= 0.6 is 22.9 Å². The van der Waals surface area contributed by atoms with E-state index in [1.54, 1.807) is 28.6 Å². The molecule has 1 aromatic carbocycles. The maximum Gasteiger partial charge on any atom is 0.318 e. The molecule has 1 aliphatic heterocycles. The number of hydroxylamine groups is 1. The van der Waals surface area contributed by atoms with Gasteiger partial charge in [-0.15, -0.1) is 11.3 Å². The second-order valence-corrected chi connectivity index (χ2v) is 7.47. The molecule has 8 heteroatoms. The van der Waals surface area contributed by atoms with E-state index in [4.69, 9.17) is 16.8 Å². The summed E-state index contributed by atoms with van der Waals surface area (Å²) in [6.07, 6.45) is 0.688. The summed E-state index contributed by atoms with van der Waals surface area (Å²) >= 11 is 7.19. The molecule has 0 unspecified atom stereocenters. The van der Waals surface area contributed by atoms with Crippen molar-refractivity contribution in [2.75, 3.05) is 6.54 Å². The van der Waals surface area contributed by atoms with Crippen LogP contribution in [-0.2, 0) is 13.0 Å². The molecule has 1 aliphatic rings. The Morgan fingerprint density at radius 3 is 2.72 bits per heavy atom. The third-order valence-electron chi connectivity index (χ3n) is 4.20. The Morgan fingerprint density at radius 1 is 1.32 bits per heavy atom. The number of carbonyl (C=O) groups excluding carboxylic acids is 2. The van der Waals surface area contributed by atoms with Gasteiger partial charge in [0.25, 0.3) is 5.91 Å². The van der Waals surface area contributed by atoms with E-state index in [0.29, 0.717) is 29.4 Å². The zero-order chi connectivity index (χ0) is 18.0. The molecule has 0 saturated carbocycles. The monoisotopic (exact) mass is 379 g/mol. The smallest absolute Gasteiger partial charge is 0.318 e. The number of thiophene rings is 1. The Morgan fingerprint density at radius 2 is 2.04 bits per heavy atom. The predicted molar refractivity (Wildman–Crippen MR) is 96.1 cm³/mol. The van der Waals surface area contributed by atoms with Crippen LogP contribution in [0.1, 0.15) is 38.6 Å². The molecule has 2 aromatic rings. The summed E-state index contributed by atoms with van der Waals surface area (Å²) < 4.78 is 0. The van der Waals surface area contributed by atoms with E-state index in [2.05, 4.69) is 5.32 Å². The first-order valence-electron chi connectivity index (χ1n) is 7.85. The Labute approximate surface area is 154 Å². The SMILES string of the molecule is C[C@H](NC(=O)N1CCc2cc(C(=O)NO)sc2C1)c1ccc(Cl)cc1. The molecule has 6 nitrogen and oxygen atoms in total. The molecular formula is C17H18ClN3O3S. The number of carbonyl (C=O) groups is 2. The fourth-order valence-electron chi connectivity index (χ4n) is 2.77. The standard InChI is InChI=1S/C17H18ClN3O3S/c1-10(11-2-4-13(18)5-3-11)19-17(23)21-7-6-12-8-14(16(22)20-24)25-15(12)9-21/h2-5,8,10,24H,6-7,9H2,1H3,(H,19,23)(H,20,22)/t10-/m0/s1. The van der Waals surface area contributed by atoms with Gasteiger partial charge in [0.05, 0.1) is 17.5 Å². The lowest BCUT2D eigenvalue weighted by Crippen LogP contribution is -2.43. The van der Waals surface area contributed by atoms with Crippen LogP contribution in [0.25, 0.3) is 0 Å². The summed E-state index contributed by atoms with van der Waals surface area (Å²) in [6.45, 7) is 2.96. The van der Waals surface area contributed by atoms with E-state index in [9.17, 15) is 9.59 Å². The van der Waals surface area contributed by atoms with E-state index in [1.165, 1.54) is 11.3 Å². The molecule has 25 heavy (non-hydrogen) atoms. The van der Waals surface area contributed by atoms with Gasteiger partial charge in [-0.05, 0) is 42.7 Å². The fraction of sp³-hybridized carbons (Fsp3) is 0.294. The van der Waals surface area contributed by atoms with Crippen LogP contribution in [0.2, 0.25) is 5.02 Å². The first-order valence-corrected chi connectivity index (χ1v) is 9.04. The normalized spacial score (nSPS) is 14.6. The summed E-state index contributed by atoms with van der Waals surface area (Å²) in [4.78, 5) is 27.2. The van der Waals surface area contributed by atoms with Gasteiger partial charge in [-0.3, -0.25) is 10.0 Å². The van der Waals surface area contributed by atoms with Gasteiger partial charge in [-0.25, -0.2) is 10.3 Å². The van der Waals surface area contributed by atoms with Crippen molar-refractivity contribution < 1.29 is 14.8 Å². The number of nitrogens with zero attached hydrogens (tertiary/aromatic N) is 1. The maximum absolute atomic E-state index is 12.5. The van der Waals surface area contributed by atoms with Crippen molar-refractivity contribution in [2.45, 2.75) is 25.9 Å². The lowest BCUT2D eigenvalue weighted by molar-refractivity contribution is 0.0711. The molecule has 1 aromatic heterocycles. The highest BCUT2D eigenvalue weighted by Crippen LogP contribution is 2.28. The van der Waals surface area contributed by atoms with Gasteiger partial charge < -0.3 is 10.2 Å². The number of nitrogens with one attached hydrogen (secondary N) is 2. The van der Waals surface area contributed by atoms with Gasteiger partial charge in [-0.2, -0.15) is 0 Å². The molecule has 0 fully saturated rings. The third-order valence-corrected chi connectivity index (χ3v) is 5.62. The van der Waals surface area contributed by atoms with E-state index in [0.717, 1.165) is 16.0 Å². The number of fused-ring (bicyclic) bond motifs is 1. The number of hydrogen-bond donors (Lipinski definition) is 3. The van der Waals surface area contributed by atoms with Crippen LogP contribution in [-0.4, -0.2) is 28.6 Å². The lowest BCUT2D eigenvalue weighted by atomic mass is 10.1. The Kier molecular flexibility index (Phi) is 5.27. The van der Waals surface area contributed by atoms with Gasteiger partial charge in [0.15, 0.2) is 0 Å². The average molecular weight is 380 g/mol. The van der Waals surface area contributed by atoms with Gasteiger partial charge in [0.1, 0.15) is 0 Å². The first kappa shape index (κ1) is 17.7. The molecule has 2 heterocycles. The molecule has 0 bridgehead atoms. The van der Waals surface area contributed by atoms with Crippen molar-refractivity contribution in [3.8, 4) is 0 Å². The van der Waals surface area contributed by atoms with Gasteiger partial charge in [0.2, 0.25) is 0 Å². The summed E-state index contributed by atoms with van der Waals surface area (Å²) in [7, 11) is 0. The first-order chi connectivity index (χ1) is 12.0. The van der Waals surface area contributed by atoms with Crippen LogP contribution in [0.5, 0.6) is 0 Å². The van der Waals surface area contributed by atoms with Crippen LogP contribution in [0.3, 0.4) is 0 Å². The highest BCUT2D eigenvalue weighted by molar-refractivity contribution is 7.14. The van der Waals surface area contributed by atoms with Gasteiger partial charge in [-0.1, -0.05) is 23.7 Å². The highest BCUT2D eigenvalue weighted by Gasteiger charge is 2.25. The van der Waals surface area contributed by atoms with Gasteiger partial charge in [0, 0.05) is 16.4 Å². The number of rotatable bonds is 3. The zero-order valence-electron chi connectivity index (χ0n) is 13.6. The molecule has 0 radical (unpaired) electrons. The second kappa shape index (κ2) is 7.43. The van der Waals surface area contributed by atoms with Crippen molar-refractivity contribution in [1.29, 1.82) is 0 Å². The second-order valence-electron chi connectivity index (χ2n) is 5.89. The van der Waals surface area contributed by atoms with Crippen molar-refractivity contribution in [2.24, 2.45) is 0 Å². The average Bonchev–Trinajstić information content (AvgIpc) is 3.04. The predicted octanol–water partition coefficient (Wildman–Crippen LogP) is 3.35. The summed E-state index contributed by atoms with van der Waals surface area (Å²) in [6, 6.07) is 8.87. The minimum atomic E-state index is -0.522. The molecule has 3 N–H and O–H groups in total. The summed E-state index contributed by atoms with van der Waals surface area (Å²) in [5, 5.41) is 12.4. The number of hydrogen-bond acceptors (Lipinski definition) is 4. The maximum atomic E-state index is 12.5. The van der Waals surface area contributed by atoms with E-state index in [1.807, 2.05) is 19.1 Å². The number of benzene rings is 1. The molecule has 1 atom stereocenters. The Bertz CT molecular complexity index is 791. The van der Waals surface area contributed by atoms with E-state index >= 15 is 0 Å². The van der Waals surface area contributed by atoms with Crippen LogP contribution in [0.15, 0.2) is 30.3 Å². The zero-order valence-corrected chi connectivity index (χ0v) is 15.2. The molecule has 0 aliphatic carbocycles. The summed E-state index contributed by atoms with van der Waals surface area (Å²) in [5.41, 5.74) is 3.68. The third kappa shape index (κ3) is 3.95. The molecular weight excluding hydrogens is 362 g/mol. The minimum absolute atomic E-state index is 0.134. The van der Waals surface area contributed by atoms with E-state index < -0.39 is 5.91 Å². The Hall–Kier alpha value is -2.09. The van der Waals surface area contributed by atoms with Crippen LogP contribution < -0.4 is 10.8 Å². The number of urea groups is 1. The lowest BCUT2D eigenvalue weighted by Gasteiger charge is -2.28. The Balaban J connectivity index is 1.65. The van der Waals surface area contributed by atoms with Crippen molar-refractivity contribution in [3.05, 3.63) is 56.2 Å². The van der Waals surface area contributed by atoms with Crippen LogP contribution in [0, 0.1) is 0 Å². The fourth-order valence-corrected chi connectivity index (χ4v) is 4.01. The molecule has 0 saturated heterocycles. The largest absolute Gasteiger partial charge is 0.331 e. The van der Waals surface area contributed by atoms with Crippen molar-refractivity contribution in [3.63, 3.8) is 0 Å². The summed E-state index contributed by atoms with van der Waals surface area (Å²) in [5.74, 6) is -0.522. The van der Waals surface area contributed by atoms with Crippen molar-refractivity contribution in [1.82, 2.24) is 15.7 Å². The topological polar surface area (TPSA) is 81.7 Å². The van der Waals surface area contributed by atoms with E-state index in [-0.39, 0.29) is 12.1 Å². The molecule has 132 valence electrons. The number of amides is 3. The molecule has 3 rings (SSSR count). The number of halogens is 1. The minimum Gasteiger partial charge on any atom is -0.331 e. The molecule has 3 amide bonds. The molecule has 0 spiro atoms.